The highest BCUT2D eigenvalue weighted by Gasteiger charge is 2.30. The van der Waals surface area contributed by atoms with E-state index in [9.17, 15) is 0 Å². The van der Waals surface area contributed by atoms with E-state index in [1.807, 2.05) is 0 Å². The Labute approximate surface area is 105 Å². The van der Waals surface area contributed by atoms with Gasteiger partial charge in [-0.15, -0.1) is 11.6 Å². The lowest BCUT2D eigenvalue weighted by atomic mass is 10.1. The summed E-state index contributed by atoms with van der Waals surface area (Å²) in [5.74, 6) is 0. The van der Waals surface area contributed by atoms with Crippen LogP contribution in [0.1, 0.15) is 0 Å². The largest absolute Gasteiger partial charge is 0.179 e. The molecule has 0 aromatic heterocycles. The van der Waals surface area contributed by atoms with Gasteiger partial charge in [0, 0.05) is 11.8 Å². The molecule has 0 fully saturated rings. The van der Waals surface area contributed by atoms with Crippen molar-refractivity contribution >= 4 is 75.5 Å². The van der Waals surface area contributed by atoms with Crippen molar-refractivity contribution in [1.82, 2.24) is 0 Å². The molecule has 1 rings (SSSR count). The van der Waals surface area contributed by atoms with Crippen LogP contribution in [0.4, 0.5) is 0 Å². The summed E-state index contributed by atoms with van der Waals surface area (Å²) in [6, 6.07) is 0. The van der Waals surface area contributed by atoms with Crippen molar-refractivity contribution < 1.29 is 0 Å². The van der Waals surface area contributed by atoms with Gasteiger partial charge in [-0.05, 0) is 0 Å². The third kappa shape index (κ3) is 2.11. The van der Waals surface area contributed by atoms with Gasteiger partial charge < -0.3 is 0 Å². The van der Waals surface area contributed by atoms with Crippen molar-refractivity contribution in [2.24, 2.45) is 4.51 Å². The molecule has 1 aliphatic carbocycles. The van der Waals surface area contributed by atoms with E-state index in [0.29, 0.717) is 0 Å². The summed E-state index contributed by atoms with van der Waals surface area (Å²) < 4.78 is 3.35. The minimum atomic E-state index is -0.748. The van der Waals surface area contributed by atoms with Crippen LogP contribution in [-0.2, 0) is 0 Å². The molecule has 0 bridgehead atoms. The number of hydrogen-bond donors (Lipinski definition) is 0. The molecular formula is C6HCl6N. The highest BCUT2D eigenvalue weighted by Crippen LogP contribution is 2.39. The van der Waals surface area contributed by atoms with E-state index in [2.05, 4.69) is 4.51 Å². The Morgan fingerprint density at radius 1 is 0.923 bits per heavy atom. The summed E-state index contributed by atoms with van der Waals surface area (Å²) in [4.78, 5) is 0. The Kier molecular flexibility index (Phi) is 4.24. The predicted molar refractivity (Wildman–Crippen MR) is 60.4 cm³/mol. The molecular weight excluding hydrogens is 299 g/mol. The van der Waals surface area contributed by atoms with Gasteiger partial charge in [0.1, 0.15) is 5.38 Å². The zero-order valence-corrected chi connectivity index (χ0v) is 10.3. The van der Waals surface area contributed by atoms with E-state index in [-0.39, 0.29) is 25.8 Å². The van der Waals surface area contributed by atoms with Gasteiger partial charge in [-0.1, -0.05) is 46.4 Å². The van der Waals surface area contributed by atoms with Gasteiger partial charge in [0.05, 0.1) is 25.8 Å². The highest BCUT2D eigenvalue weighted by molar-refractivity contribution is 6.62. The number of nitrogens with zero attached hydrogens (tertiary/aromatic N) is 1. The number of rotatable bonds is 0. The molecule has 0 N–H and O–H groups in total. The van der Waals surface area contributed by atoms with Crippen LogP contribution in [0, 0.1) is 0 Å². The third-order valence-corrected chi connectivity index (χ3v) is 3.94. The molecule has 1 aliphatic rings. The van der Waals surface area contributed by atoms with Crippen molar-refractivity contribution in [2.75, 3.05) is 0 Å². The van der Waals surface area contributed by atoms with Crippen LogP contribution in [0.5, 0.6) is 0 Å². The maximum Gasteiger partial charge on any atom is 0.115 e. The number of allylic oxidation sites excluding steroid dienone is 4. The Balaban J connectivity index is 3.32. The van der Waals surface area contributed by atoms with Gasteiger partial charge in [0.25, 0.3) is 0 Å². The number of hydrogen-bond acceptors (Lipinski definition) is 1. The molecule has 0 aromatic rings. The van der Waals surface area contributed by atoms with E-state index in [4.69, 9.17) is 69.8 Å². The lowest BCUT2D eigenvalue weighted by Crippen LogP contribution is -2.20. The predicted octanol–water partition coefficient (Wildman–Crippen LogP) is 4.58. The zero-order valence-electron chi connectivity index (χ0n) is 5.79. The molecule has 0 spiro atoms. The molecule has 72 valence electrons. The highest BCUT2D eigenvalue weighted by atomic mass is 35.5. The molecule has 0 saturated heterocycles. The Hall–Kier alpha value is 0.890. The average Bonchev–Trinajstić information content (AvgIpc) is 2.13. The smallest absolute Gasteiger partial charge is 0.115 e. The Morgan fingerprint density at radius 3 is 1.92 bits per heavy atom. The quantitative estimate of drug-likeness (QED) is 0.581. The van der Waals surface area contributed by atoms with Gasteiger partial charge in [-0.2, -0.15) is 4.51 Å². The molecule has 0 saturated carbocycles. The molecule has 1 nitrogen and oxygen atoms in total. The van der Waals surface area contributed by atoms with Crippen LogP contribution in [0.3, 0.4) is 0 Å². The van der Waals surface area contributed by atoms with E-state index in [1.54, 1.807) is 0 Å². The first kappa shape index (κ1) is 12.0. The Bertz CT molecular complexity index is 326. The monoisotopic (exact) mass is 297 g/mol. The first-order valence-electron chi connectivity index (χ1n) is 2.94. The molecule has 13 heavy (non-hydrogen) atoms. The summed E-state index contributed by atoms with van der Waals surface area (Å²) >= 11 is 34.0. The van der Waals surface area contributed by atoms with Crippen molar-refractivity contribution in [3.05, 3.63) is 20.1 Å². The molecule has 0 amide bonds. The van der Waals surface area contributed by atoms with E-state index in [0.717, 1.165) is 0 Å². The van der Waals surface area contributed by atoms with Crippen molar-refractivity contribution in [2.45, 2.75) is 5.38 Å². The minimum absolute atomic E-state index is 0.102. The maximum absolute atomic E-state index is 5.82. The lowest BCUT2D eigenvalue weighted by molar-refractivity contribution is 1.37. The number of halogens is 6. The van der Waals surface area contributed by atoms with E-state index < -0.39 is 5.38 Å². The summed E-state index contributed by atoms with van der Waals surface area (Å²) in [7, 11) is 0. The average molecular weight is 300 g/mol. The number of alkyl halides is 1. The van der Waals surface area contributed by atoms with Gasteiger partial charge in [-0.3, -0.25) is 0 Å². The molecule has 7 heteroatoms. The van der Waals surface area contributed by atoms with Crippen molar-refractivity contribution in [1.29, 1.82) is 0 Å². The van der Waals surface area contributed by atoms with Crippen LogP contribution in [0.15, 0.2) is 24.6 Å². The summed E-state index contributed by atoms with van der Waals surface area (Å²) in [5.41, 5.74) is 0.199. The van der Waals surface area contributed by atoms with E-state index in [1.165, 1.54) is 0 Å². The first-order valence-corrected chi connectivity index (χ1v) is 5.23. The standard InChI is InChI=1S/C6HCl6N/c7-1-2(8)4(10)6(13-12)5(11)3(1)9/h4H. The summed E-state index contributed by atoms with van der Waals surface area (Å²) in [6.07, 6.45) is 0. The molecule has 0 radical (unpaired) electrons. The molecule has 0 heterocycles. The fourth-order valence-corrected chi connectivity index (χ4v) is 2.33. The van der Waals surface area contributed by atoms with E-state index >= 15 is 0 Å². The van der Waals surface area contributed by atoms with Gasteiger partial charge in [0.15, 0.2) is 0 Å². The molecule has 1 atom stereocenters. The SMILES string of the molecule is ClN=C1C(Cl)=C(Cl)C(Cl)=C(Cl)C1Cl. The summed E-state index contributed by atoms with van der Waals surface area (Å²) in [6.45, 7) is 0. The fourth-order valence-electron chi connectivity index (χ4n) is 0.736. The first-order chi connectivity index (χ1) is 6.00. The zero-order chi connectivity index (χ0) is 10.2. The molecule has 0 aromatic carbocycles. The minimum Gasteiger partial charge on any atom is -0.179 e. The van der Waals surface area contributed by atoms with Gasteiger partial charge >= 0.3 is 0 Å². The summed E-state index contributed by atoms with van der Waals surface area (Å²) in [5, 5.41) is -0.244. The topological polar surface area (TPSA) is 12.4 Å². The normalized spacial score (nSPS) is 27.5. The second-order valence-electron chi connectivity index (χ2n) is 2.12. The van der Waals surface area contributed by atoms with Crippen molar-refractivity contribution in [3.63, 3.8) is 0 Å². The molecule has 1 unspecified atom stereocenters. The van der Waals surface area contributed by atoms with Crippen LogP contribution in [0.2, 0.25) is 0 Å². The molecule has 0 aliphatic heterocycles. The van der Waals surface area contributed by atoms with Crippen molar-refractivity contribution in [3.8, 4) is 0 Å². The van der Waals surface area contributed by atoms with Gasteiger partial charge in [-0.25, -0.2) is 0 Å². The van der Waals surface area contributed by atoms with Crippen LogP contribution >= 0.6 is 69.8 Å². The van der Waals surface area contributed by atoms with Crippen LogP contribution < -0.4 is 0 Å². The fraction of sp³-hybridized carbons (Fsp3) is 0.167. The second-order valence-corrected chi connectivity index (χ2v) is 4.27. The Morgan fingerprint density at radius 2 is 1.46 bits per heavy atom. The second kappa shape index (κ2) is 4.61. The van der Waals surface area contributed by atoms with Crippen LogP contribution in [0.25, 0.3) is 0 Å². The van der Waals surface area contributed by atoms with Crippen LogP contribution in [-0.4, -0.2) is 11.1 Å². The lowest BCUT2D eigenvalue weighted by Gasteiger charge is -2.18. The maximum atomic E-state index is 5.82. The third-order valence-electron chi connectivity index (χ3n) is 1.37. The van der Waals surface area contributed by atoms with Gasteiger partial charge in [0.2, 0.25) is 0 Å².